The molecule has 0 aromatic heterocycles. The highest BCUT2D eigenvalue weighted by atomic mass is 35.5. The molecular weight excluding hydrogens is 368 g/mol. The van der Waals surface area contributed by atoms with Crippen LogP contribution in [0.5, 0.6) is 5.75 Å². The second kappa shape index (κ2) is 10.1. The third-order valence-electron chi connectivity index (χ3n) is 4.59. The Balaban J connectivity index is 0.00000126. The number of aliphatic hydroxyl groups is 2. The maximum Gasteiger partial charge on any atom is 0.115 e. The number of aliphatic hydroxyl groups excluding tert-OH is 2. The Hall–Kier alpha value is -1.63. The minimum atomic E-state index is -0.358. The van der Waals surface area contributed by atoms with Crippen LogP contribution in [0.1, 0.15) is 48.7 Å². The number of phenols is 1. The zero-order valence-electron chi connectivity index (χ0n) is 15.8. The zero-order chi connectivity index (χ0) is 20.0. The van der Waals surface area contributed by atoms with Crippen molar-refractivity contribution in [1.82, 2.24) is 0 Å². The molecule has 3 rings (SSSR count). The van der Waals surface area contributed by atoms with Crippen molar-refractivity contribution in [2.45, 2.75) is 44.2 Å². The van der Waals surface area contributed by atoms with Crippen LogP contribution in [0, 0.1) is 0 Å². The van der Waals surface area contributed by atoms with Crippen LogP contribution in [0.4, 0.5) is 0 Å². The lowest BCUT2D eigenvalue weighted by Gasteiger charge is -2.32. The number of rotatable bonds is 4. The highest BCUT2D eigenvalue weighted by Crippen LogP contribution is 2.37. The number of phenolic OH excluding ortho intramolecular Hbond substituents is 1. The van der Waals surface area contributed by atoms with Crippen LogP contribution in [0.15, 0.2) is 42.5 Å². The largest absolute Gasteiger partial charge is 0.508 e. The van der Waals surface area contributed by atoms with E-state index in [2.05, 4.69) is 0 Å². The van der Waals surface area contributed by atoms with Crippen LogP contribution in [0.25, 0.3) is 0 Å². The van der Waals surface area contributed by atoms with E-state index in [9.17, 15) is 10.2 Å². The predicted octanol–water partition coefficient (Wildman–Crippen LogP) is 3.99. The van der Waals surface area contributed by atoms with Crippen molar-refractivity contribution < 1.29 is 24.8 Å². The molecule has 0 spiro atoms. The summed E-state index contributed by atoms with van der Waals surface area (Å²) in [6.45, 7) is 1.97. The minimum absolute atomic E-state index is 0.0169. The van der Waals surface area contributed by atoms with Crippen LogP contribution in [-0.2, 0) is 9.47 Å². The molecule has 1 aliphatic heterocycles. The molecule has 0 radical (unpaired) electrons. The van der Waals surface area contributed by atoms with Crippen LogP contribution in [0.3, 0.4) is 0 Å². The van der Waals surface area contributed by atoms with E-state index in [0.717, 1.165) is 23.8 Å². The van der Waals surface area contributed by atoms with E-state index in [1.807, 2.05) is 37.3 Å². The van der Waals surface area contributed by atoms with Crippen molar-refractivity contribution >= 4 is 11.6 Å². The van der Waals surface area contributed by atoms with E-state index in [-0.39, 0.29) is 30.2 Å². The van der Waals surface area contributed by atoms with Gasteiger partial charge in [-0.2, -0.15) is 0 Å². The van der Waals surface area contributed by atoms with Gasteiger partial charge in [-0.15, -0.1) is 0 Å². The Morgan fingerprint density at radius 3 is 2.37 bits per heavy atom. The normalized spacial score (nSPS) is 23.3. The topological polar surface area (TPSA) is 79.2 Å². The molecule has 27 heavy (non-hydrogen) atoms. The van der Waals surface area contributed by atoms with Gasteiger partial charge in [-0.3, -0.25) is 0 Å². The van der Waals surface area contributed by atoms with Crippen LogP contribution < -0.4 is 0 Å². The molecule has 1 saturated heterocycles. The standard InChI is InChI=1S/C20H23ClO4.CH4O/c1-12-9-16(23)11-19(25-12)14-5-8-18(21)17(10-14)20(24-2)13-3-6-15(22)7-4-13;1-2/h3-8,10,12,16,19-20,22-23H,9,11H2,1-2H3;2H,1H3. The molecule has 0 amide bonds. The van der Waals surface area contributed by atoms with Crippen molar-refractivity contribution in [2.24, 2.45) is 0 Å². The highest BCUT2D eigenvalue weighted by Gasteiger charge is 2.28. The summed E-state index contributed by atoms with van der Waals surface area (Å²) < 4.78 is 11.7. The quantitative estimate of drug-likeness (QED) is 0.730. The van der Waals surface area contributed by atoms with Gasteiger partial charge in [0.05, 0.1) is 18.3 Å². The average Bonchev–Trinajstić information content (AvgIpc) is 2.66. The van der Waals surface area contributed by atoms with Crippen molar-refractivity contribution in [2.75, 3.05) is 14.2 Å². The van der Waals surface area contributed by atoms with Gasteiger partial charge in [0.1, 0.15) is 11.9 Å². The van der Waals surface area contributed by atoms with Crippen molar-refractivity contribution in [3.63, 3.8) is 0 Å². The number of hydrogen-bond acceptors (Lipinski definition) is 5. The maximum absolute atomic E-state index is 10.0. The lowest BCUT2D eigenvalue weighted by atomic mass is 9.93. The molecule has 4 atom stereocenters. The van der Waals surface area contributed by atoms with Crippen molar-refractivity contribution in [3.8, 4) is 5.75 Å². The number of ether oxygens (including phenoxy) is 2. The van der Waals surface area contributed by atoms with Crippen molar-refractivity contribution in [1.29, 1.82) is 0 Å². The molecule has 1 aliphatic rings. The number of aromatic hydroxyl groups is 1. The van der Waals surface area contributed by atoms with Gasteiger partial charge >= 0.3 is 0 Å². The summed E-state index contributed by atoms with van der Waals surface area (Å²) in [6, 6.07) is 12.6. The average molecular weight is 395 g/mol. The first-order chi connectivity index (χ1) is 13.0. The lowest BCUT2D eigenvalue weighted by Crippen LogP contribution is -2.29. The minimum Gasteiger partial charge on any atom is -0.508 e. The number of methoxy groups -OCH3 is 1. The molecule has 1 heterocycles. The van der Waals surface area contributed by atoms with Gasteiger partial charge in [0.15, 0.2) is 0 Å². The van der Waals surface area contributed by atoms with Crippen LogP contribution >= 0.6 is 11.6 Å². The number of benzene rings is 2. The molecule has 2 aromatic rings. The van der Waals surface area contributed by atoms with E-state index >= 15 is 0 Å². The van der Waals surface area contributed by atoms with E-state index in [1.54, 1.807) is 19.2 Å². The molecule has 6 heteroatoms. The van der Waals surface area contributed by atoms with E-state index in [4.69, 9.17) is 26.2 Å². The summed E-state index contributed by atoms with van der Waals surface area (Å²) in [6.07, 6.45) is 0.380. The summed E-state index contributed by atoms with van der Waals surface area (Å²) in [4.78, 5) is 0. The molecular formula is C21H27ClO5. The second-order valence-electron chi connectivity index (χ2n) is 6.55. The maximum atomic E-state index is 10.0. The lowest BCUT2D eigenvalue weighted by molar-refractivity contribution is -0.0895. The van der Waals surface area contributed by atoms with Crippen LogP contribution in [-0.4, -0.2) is 41.7 Å². The first-order valence-electron chi connectivity index (χ1n) is 8.87. The monoisotopic (exact) mass is 394 g/mol. The smallest absolute Gasteiger partial charge is 0.115 e. The number of hydrogen-bond donors (Lipinski definition) is 3. The SMILES string of the molecule is CO.COC(c1ccc(O)cc1)c1cc(C2CC(O)CC(C)O2)ccc1Cl. The summed E-state index contributed by atoms with van der Waals surface area (Å²) in [5.74, 6) is 0.206. The summed E-state index contributed by atoms with van der Waals surface area (Å²) in [5, 5.41) is 27.1. The molecule has 0 saturated carbocycles. The van der Waals surface area contributed by atoms with Gasteiger partial charge in [-0.1, -0.05) is 29.8 Å². The second-order valence-corrected chi connectivity index (χ2v) is 6.96. The summed E-state index contributed by atoms with van der Waals surface area (Å²) in [7, 11) is 2.63. The summed E-state index contributed by atoms with van der Waals surface area (Å²) >= 11 is 6.43. The molecule has 0 bridgehead atoms. The molecule has 0 aliphatic carbocycles. The third kappa shape index (κ3) is 5.43. The first kappa shape index (κ1) is 21.7. The Morgan fingerprint density at radius 1 is 1.11 bits per heavy atom. The molecule has 3 N–H and O–H groups in total. The first-order valence-corrected chi connectivity index (χ1v) is 9.25. The third-order valence-corrected chi connectivity index (χ3v) is 4.94. The highest BCUT2D eigenvalue weighted by molar-refractivity contribution is 6.31. The Labute approximate surface area is 165 Å². The van der Waals surface area contributed by atoms with E-state index in [0.29, 0.717) is 17.9 Å². The van der Waals surface area contributed by atoms with Gasteiger partial charge in [-0.25, -0.2) is 0 Å². The molecule has 5 nitrogen and oxygen atoms in total. The Kier molecular flexibility index (Phi) is 8.07. The zero-order valence-corrected chi connectivity index (χ0v) is 16.6. The van der Waals surface area contributed by atoms with Crippen molar-refractivity contribution in [3.05, 3.63) is 64.2 Å². The number of halogens is 1. The molecule has 148 valence electrons. The van der Waals surface area contributed by atoms with E-state index in [1.165, 1.54) is 0 Å². The van der Waals surface area contributed by atoms with Gasteiger partial charge in [-0.05, 0) is 48.7 Å². The Morgan fingerprint density at radius 2 is 1.78 bits per heavy atom. The molecule has 1 fully saturated rings. The van der Waals surface area contributed by atoms with Gasteiger partial charge in [0.2, 0.25) is 0 Å². The molecule has 4 unspecified atom stereocenters. The van der Waals surface area contributed by atoms with Gasteiger partial charge < -0.3 is 24.8 Å². The fraction of sp³-hybridized carbons (Fsp3) is 0.429. The predicted molar refractivity (Wildman–Crippen MR) is 105 cm³/mol. The Bertz CT molecular complexity index is 709. The van der Waals surface area contributed by atoms with Gasteiger partial charge in [0.25, 0.3) is 0 Å². The summed E-state index contributed by atoms with van der Waals surface area (Å²) in [5.41, 5.74) is 2.71. The molecule has 2 aromatic carbocycles. The van der Waals surface area contributed by atoms with Crippen LogP contribution in [0.2, 0.25) is 5.02 Å². The van der Waals surface area contributed by atoms with E-state index < -0.39 is 0 Å². The van der Waals surface area contributed by atoms with Gasteiger partial charge in [0, 0.05) is 31.2 Å². The fourth-order valence-electron chi connectivity index (χ4n) is 3.39. The fourth-order valence-corrected chi connectivity index (χ4v) is 3.60.